The highest BCUT2D eigenvalue weighted by atomic mass is 32.1. The van der Waals surface area contributed by atoms with Crippen molar-refractivity contribution in [1.82, 2.24) is 15.5 Å². The third-order valence-electron chi connectivity index (χ3n) is 4.89. The molecule has 0 heterocycles. The molecule has 0 aromatic heterocycles. The van der Waals surface area contributed by atoms with E-state index in [4.69, 9.17) is 4.74 Å². The van der Waals surface area contributed by atoms with Crippen molar-refractivity contribution in [2.75, 3.05) is 18.8 Å². The number of ether oxygens (including phenoxy) is 1. The van der Waals surface area contributed by atoms with Crippen LogP contribution >= 0.6 is 12.6 Å². The molecule has 2 N–H and O–H groups in total. The van der Waals surface area contributed by atoms with Crippen molar-refractivity contribution in [3.05, 3.63) is 47.5 Å². The van der Waals surface area contributed by atoms with Crippen LogP contribution in [0.5, 0.6) is 0 Å². The number of aryl methyl sites for hydroxylation is 2. The quantitative estimate of drug-likeness (QED) is 0.254. The van der Waals surface area contributed by atoms with Crippen molar-refractivity contribution in [2.24, 2.45) is 0 Å². The SMILES string of the molecule is C=CCN(C(=O)C(CS)NC(=O)OC(C)(C)C)C(C(=O)NCCCC)c1ccc(C)cc1C. The predicted molar refractivity (Wildman–Crippen MR) is 135 cm³/mol. The summed E-state index contributed by atoms with van der Waals surface area (Å²) in [5, 5.41) is 5.54. The Morgan fingerprint density at radius 1 is 1.24 bits per heavy atom. The molecule has 2 unspecified atom stereocenters. The summed E-state index contributed by atoms with van der Waals surface area (Å²) in [6.45, 7) is 15.6. The summed E-state index contributed by atoms with van der Waals surface area (Å²) >= 11 is 4.27. The number of nitrogens with one attached hydrogen (secondary N) is 2. The van der Waals surface area contributed by atoms with Crippen LogP contribution in [0.3, 0.4) is 0 Å². The average Bonchev–Trinajstić information content (AvgIpc) is 2.71. The number of thiol groups is 1. The van der Waals surface area contributed by atoms with Crippen LogP contribution in [-0.2, 0) is 14.3 Å². The van der Waals surface area contributed by atoms with E-state index in [9.17, 15) is 14.4 Å². The summed E-state index contributed by atoms with van der Waals surface area (Å²) in [4.78, 5) is 40.6. The molecular weight excluding hydrogens is 438 g/mol. The Bertz CT molecular complexity index is 835. The summed E-state index contributed by atoms with van der Waals surface area (Å²) < 4.78 is 5.30. The first kappa shape index (κ1) is 28.6. The topological polar surface area (TPSA) is 87.7 Å². The van der Waals surface area contributed by atoms with E-state index in [2.05, 4.69) is 29.8 Å². The number of rotatable bonds is 11. The van der Waals surface area contributed by atoms with Crippen molar-refractivity contribution in [3.63, 3.8) is 0 Å². The van der Waals surface area contributed by atoms with E-state index in [0.717, 1.165) is 29.5 Å². The Kier molecular flexibility index (Phi) is 11.5. The summed E-state index contributed by atoms with van der Waals surface area (Å²) in [5.74, 6) is -0.671. The van der Waals surface area contributed by atoms with Gasteiger partial charge in [0.25, 0.3) is 0 Å². The van der Waals surface area contributed by atoms with Gasteiger partial charge in [-0.25, -0.2) is 4.79 Å². The second-order valence-corrected chi connectivity index (χ2v) is 9.43. The van der Waals surface area contributed by atoms with E-state index in [-0.39, 0.29) is 18.2 Å². The molecule has 8 heteroatoms. The highest BCUT2D eigenvalue weighted by Crippen LogP contribution is 2.26. The number of amides is 3. The lowest BCUT2D eigenvalue weighted by molar-refractivity contribution is -0.141. The molecule has 0 bridgehead atoms. The molecular formula is C25H39N3O4S. The third-order valence-corrected chi connectivity index (χ3v) is 5.26. The minimum Gasteiger partial charge on any atom is -0.444 e. The van der Waals surface area contributed by atoms with Crippen LogP contribution in [-0.4, -0.2) is 53.3 Å². The molecule has 0 saturated carbocycles. The molecule has 1 rings (SSSR count). The van der Waals surface area contributed by atoms with E-state index < -0.39 is 29.7 Å². The van der Waals surface area contributed by atoms with E-state index in [1.165, 1.54) is 4.90 Å². The fraction of sp³-hybridized carbons (Fsp3) is 0.560. The van der Waals surface area contributed by atoms with Crippen molar-refractivity contribution < 1.29 is 19.1 Å². The molecule has 0 aliphatic rings. The summed E-state index contributed by atoms with van der Waals surface area (Å²) in [5.41, 5.74) is 1.97. The number of carbonyl (C=O) groups excluding carboxylic acids is 3. The van der Waals surface area contributed by atoms with Crippen molar-refractivity contribution in [3.8, 4) is 0 Å². The van der Waals surface area contributed by atoms with Crippen molar-refractivity contribution in [2.45, 2.75) is 72.1 Å². The second kappa shape index (κ2) is 13.3. The molecule has 184 valence electrons. The van der Waals surface area contributed by atoms with Crippen LogP contribution < -0.4 is 10.6 Å². The third kappa shape index (κ3) is 9.12. The van der Waals surface area contributed by atoms with Gasteiger partial charge in [-0.15, -0.1) is 6.58 Å². The van der Waals surface area contributed by atoms with Gasteiger partial charge in [0.2, 0.25) is 11.8 Å². The molecule has 0 radical (unpaired) electrons. The van der Waals surface area contributed by atoms with Gasteiger partial charge in [0.1, 0.15) is 17.7 Å². The number of benzene rings is 1. The van der Waals surface area contributed by atoms with Crippen molar-refractivity contribution in [1.29, 1.82) is 0 Å². The molecule has 3 amide bonds. The lowest BCUT2D eigenvalue weighted by atomic mass is 9.96. The van der Waals surface area contributed by atoms with E-state index >= 15 is 0 Å². The van der Waals surface area contributed by atoms with Gasteiger partial charge in [-0.2, -0.15) is 12.6 Å². The van der Waals surface area contributed by atoms with Gasteiger partial charge in [-0.3, -0.25) is 9.59 Å². The number of alkyl carbamates (subject to hydrolysis) is 1. The summed E-state index contributed by atoms with van der Waals surface area (Å²) in [7, 11) is 0. The fourth-order valence-corrected chi connectivity index (χ4v) is 3.61. The number of unbranched alkanes of at least 4 members (excludes halogenated alkanes) is 1. The second-order valence-electron chi connectivity index (χ2n) is 9.07. The molecule has 0 spiro atoms. The summed E-state index contributed by atoms with van der Waals surface area (Å²) in [6.07, 6.45) is 2.62. The normalized spacial score (nSPS) is 12.9. The largest absolute Gasteiger partial charge is 0.444 e. The van der Waals surface area contributed by atoms with E-state index in [0.29, 0.717) is 6.54 Å². The molecule has 0 aliphatic carbocycles. The Morgan fingerprint density at radius 3 is 2.42 bits per heavy atom. The zero-order valence-corrected chi connectivity index (χ0v) is 21.6. The number of hydrogen-bond acceptors (Lipinski definition) is 5. The molecule has 7 nitrogen and oxygen atoms in total. The highest BCUT2D eigenvalue weighted by Gasteiger charge is 2.35. The Labute approximate surface area is 203 Å². The molecule has 0 fully saturated rings. The average molecular weight is 478 g/mol. The van der Waals surface area contributed by atoms with Crippen LogP contribution in [0.1, 0.15) is 63.3 Å². The zero-order valence-electron chi connectivity index (χ0n) is 20.7. The smallest absolute Gasteiger partial charge is 0.408 e. The first-order valence-corrected chi connectivity index (χ1v) is 11.9. The monoisotopic (exact) mass is 477 g/mol. The first-order chi connectivity index (χ1) is 15.4. The first-order valence-electron chi connectivity index (χ1n) is 11.3. The molecule has 1 aromatic rings. The maximum absolute atomic E-state index is 13.6. The Morgan fingerprint density at radius 2 is 1.91 bits per heavy atom. The zero-order chi connectivity index (χ0) is 25.2. The van der Waals surface area contributed by atoms with E-state index in [1.54, 1.807) is 26.8 Å². The number of nitrogens with zero attached hydrogens (tertiary/aromatic N) is 1. The van der Waals surface area contributed by atoms with Crippen LogP contribution in [0.4, 0.5) is 4.79 Å². The minimum atomic E-state index is -0.972. The fourth-order valence-electron chi connectivity index (χ4n) is 3.37. The van der Waals surface area contributed by atoms with Gasteiger partial charge in [0, 0.05) is 18.8 Å². The summed E-state index contributed by atoms with van der Waals surface area (Å²) in [6, 6.07) is 3.92. The molecule has 33 heavy (non-hydrogen) atoms. The molecule has 2 atom stereocenters. The van der Waals surface area contributed by atoms with Gasteiger partial charge >= 0.3 is 6.09 Å². The maximum Gasteiger partial charge on any atom is 0.408 e. The van der Waals surface area contributed by atoms with Gasteiger partial charge in [-0.1, -0.05) is 43.2 Å². The standard InChI is InChI=1S/C25H39N3O4S/c1-8-10-13-26-22(29)21(19-12-11-17(3)15-18(19)4)28(14-9-2)23(30)20(16-33)27-24(31)32-25(5,6)7/h9,11-12,15,20-21,33H,2,8,10,13-14,16H2,1,3-7H3,(H,26,29)(H,27,31). The Balaban J connectivity index is 3.35. The van der Waals surface area contributed by atoms with Crippen LogP contribution in [0.15, 0.2) is 30.9 Å². The van der Waals surface area contributed by atoms with Gasteiger partial charge < -0.3 is 20.3 Å². The van der Waals surface area contributed by atoms with Crippen LogP contribution in [0.25, 0.3) is 0 Å². The molecule has 1 aromatic carbocycles. The van der Waals surface area contributed by atoms with Crippen molar-refractivity contribution >= 4 is 30.5 Å². The maximum atomic E-state index is 13.6. The van der Waals surface area contributed by atoms with Gasteiger partial charge in [-0.05, 0) is 52.2 Å². The van der Waals surface area contributed by atoms with Gasteiger partial charge in [0.15, 0.2) is 0 Å². The highest BCUT2D eigenvalue weighted by molar-refractivity contribution is 7.80. The predicted octanol–water partition coefficient (Wildman–Crippen LogP) is 4.10. The number of carbonyl (C=O) groups is 3. The van der Waals surface area contributed by atoms with Crippen LogP contribution in [0, 0.1) is 13.8 Å². The molecule has 0 saturated heterocycles. The molecule has 0 aliphatic heterocycles. The van der Waals surface area contributed by atoms with Crippen LogP contribution in [0.2, 0.25) is 0 Å². The van der Waals surface area contributed by atoms with Gasteiger partial charge in [0.05, 0.1) is 0 Å². The lowest BCUT2D eigenvalue weighted by Gasteiger charge is -2.34. The lowest BCUT2D eigenvalue weighted by Crippen LogP contribution is -2.54. The van der Waals surface area contributed by atoms with E-state index in [1.807, 2.05) is 39.0 Å². The minimum absolute atomic E-state index is 0.0444. The Hall–Kier alpha value is -2.48. The number of hydrogen-bond donors (Lipinski definition) is 3.